The molecule has 0 fully saturated rings. The van der Waals surface area contributed by atoms with Gasteiger partial charge in [0, 0.05) is 28.2 Å². The molecule has 76 valence electrons. The Balaban J connectivity index is 4.38. The van der Waals surface area contributed by atoms with E-state index in [1.807, 2.05) is 0 Å². The first kappa shape index (κ1) is 11.7. The summed E-state index contributed by atoms with van der Waals surface area (Å²) in [6, 6.07) is -0.720. The predicted octanol–water partition coefficient (Wildman–Crippen LogP) is -0.371. The van der Waals surface area contributed by atoms with Crippen molar-refractivity contribution in [3.8, 4) is 0 Å². The molecule has 7 heteroatoms. The SMILES string of the molecule is CN(C)NC(=O)N(C(=O)O)N(C)C. The van der Waals surface area contributed by atoms with Crippen LogP contribution < -0.4 is 5.43 Å². The molecule has 0 aromatic carbocycles. The molecule has 0 saturated heterocycles. The van der Waals surface area contributed by atoms with Crippen molar-refractivity contribution in [2.75, 3.05) is 28.2 Å². The number of nitrogens with one attached hydrogen (secondary N) is 1. The van der Waals surface area contributed by atoms with Crippen LogP contribution in [0.2, 0.25) is 0 Å². The molecular formula is C6H14N4O3. The molecule has 0 heterocycles. The number of hydrogen-bond donors (Lipinski definition) is 2. The van der Waals surface area contributed by atoms with E-state index in [1.165, 1.54) is 24.1 Å². The van der Waals surface area contributed by atoms with Crippen molar-refractivity contribution in [3.63, 3.8) is 0 Å². The van der Waals surface area contributed by atoms with E-state index in [-0.39, 0.29) is 0 Å². The Hall–Kier alpha value is -1.34. The Labute approximate surface area is 76.5 Å². The van der Waals surface area contributed by atoms with Gasteiger partial charge in [-0.15, -0.1) is 0 Å². The molecule has 0 aliphatic heterocycles. The topological polar surface area (TPSA) is 76.1 Å². The van der Waals surface area contributed by atoms with Gasteiger partial charge in [-0.25, -0.2) is 19.6 Å². The summed E-state index contributed by atoms with van der Waals surface area (Å²) < 4.78 is 0. The largest absolute Gasteiger partial charge is 0.464 e. The number of urea groups is 1. The third kappa shape index (κ3) is 3.72. The number of carbonyl (C=O) groups excluding carboxylic acids is 1. The predicted molar refractivity (Wildman–Crippen MR) is 45.8 cm³/mol. The Bertz CT molecular complexity index is 204. The highest BCUT2D eigenvalue weighted by Crippen LogP contribution is 1.93. The average Bonchev–Trinajstić information content (AvgIpc) is 1.81. The van der Waals surface area contributed by atoms with E-state index >= 15 is 0 Å². The summed E-state index contributed by atoms with van der Waals surface area (Å²) in [6.07, 6.45) is -1.33. The third-order valence-electron chi connectivity index (χ3n) is 1.09. The van der Waals surface area contributed by atoms with E-state index in [2.05, 4.69) is 5.43 Å². The van der Waals surface area contributed by atoms with Crippen LogP contribution in [0.3, 0.4) is 0 Å². The lowest BCUT2D eigenvalue weighted by Crippen LogP contribution is -2.53. The van der Waals surface area contributed by atoms with Crippen molar-refractivity contribution in [3.05, 3.63) is 0 Å². The smallest absolute Gasteiger partial charge is 0.430 e. The fourth-order valence-electron chi connectivity index (χ4n) is 0.678. The van der Waals surface area contributed by atoms with Crippen molar-refractivity contribution >= 4 is 12.1 Å². The van der Waals surface area contributed by atoms with Crippen molar-refractivity contribution in [2.24, 2.45) is 0 Å². The molecule has 7 nitrogen and oxygen atoms in total. The minimum atomic E-state index is -1.33. The van der Waals surface area contributed by atoms with Gasteiger partial charge in [0.2, 0.25) is 0 Å². The van der Waals surface area contributed by atoms with Crippen LogP contribution in [0.4, 0.5) is 9.59 Å². The number of carbonyl (C=O) groups is 2. The zero-order valence-electron chi connectivity index (χ0n) is 8.11. The molecule has 0 atom stereocenters. The van der Waals surface area contributed by atoms with Gasteiger partial charge in [-0.1, -0.05) is 0 Å². The van der Waals surface area contributed by atoms with Crippen LogP contribution in [-0.2, 0) is 0 Å². The van der Waals surface area contributed by atoms with Crippen LogP contribution in [0.25, 0.3) is 0 Å². The Morgan fingerprint density at radius 2 is 1.62 bits per heavy atom. The second-order valence-corrected chi connectivity index (χ2v) is 2.75. The van der Waals surface area contributed by atoms with E-state index in [1.54, 1.807) is 14.1 Å². The fraction of sp³-hybridized carbons (Fsp3) is 0.667. The van der Waals surface area contributed by atoms with Crippen molar-refractivity contribution in [1.82, 2.24) is 20.5 Å². The molecule has 0 aliphatic rings. The van der Waals surface area contributed by atoms with Gasteiger partial charge in [-0.05, 0) is 0 Å². The average molecular weight is 190 g/mol. The summed E-state index contributed by atoms with van der Waals surface area (Å²) in [5.41, 5.74) is 2.30. The van der Waals surface area contributed by atoms with E-state index in [9.17, 15) is 9.59 Å². The maximum absolute atomic E-state index is 11.2. The first-order valence-corrected chi connectivity index (χ1v) is 3.54. The van der Waals surface area contributed by atoms with E-state index in [0.717, 1.165) is 0 Å². The molecule has 0 bridgehead atoms. The Morgan fingerprint density at radius 3 is 1.85 bits per heavy atom. The second kappa shape index (κ2) is 4.63. The van der Waals surface area contributed by atoms with Crippen molar-refractivity contribution in [1.29, 1.82) is 0 Å². The lowest BCUT2D eigenvalue weighted by molar-refractivity contribution is 0.0516. The van der Waals surface area contributed by atoms with Crippen molar-refractivity contribution in [2.45, 2.75) is 0 Å². The first-order valence-electron chi connectivity index (χ1n) is 3.54. The highest BCUT2D eigenvalue weighted by Gasteiger charge is 2.23. The maximum atomic E-state index is 11.2. The molecule has 2 N–H and O–H groups in total. The van der Waals surface area contributed by atoms with E-state index < -0.39 is 12.1 Å². The molecule has 13 heavy (non-hydrogen) atoms. The number of hydrogen-bond acceptors (Lipinski definition) is 4. The Morgan fingerprint density at radius 1 is 1.15 bits per heavy atom. The van der Waals surface area contributed by atoms with Gasteiger partial charge in [-0.2, -0.15) is 5.01 Å². The minimum absolute atomic E-state index is 0.556. The highest BCUT2D eigenvalue weighted by atomic mass is 16.4. The quantitative estimate of drug-likeness (QED) is 0.581. The molecular weight excluding hydrogens is 176 g/mol. The third-order valence-corrected chi connectivity index (χ3v) is 1.09. The zero-order valence-corrected chi connectivity index (χ0v) is 8.11. The summed E-state index contributed by atoms with van der Waals surface area (Å²) in [5, 5.41) is 11.7. The normalized spacial score (nSPS) is 10.3. The summed E-state index contributed by atoms with van der Waals surface area (Å²) in [4.78, 5) is 21.8. The summed E-state index contributed by atoms with van der Waals surface area (Å²) in [6.45, 7) is 0. The number of amides is 3. The molecule has 0 radical (unpaired) electrons. The molecule has 0 rings (SSSR count). The molecule has 0 aliphatic carbocycles. The fourth-order valence-corrected chi connectivity index (χ4v) is 0.678. The summed E-state index contributed by atoms with van der Waals surface area (Å²) in [7, 11) is 6.11. The van der Waals surface area contributed by atoms with Gasteiger partial charge in [0.1, 0.15) is 0 Å². The van der Waals surface area contributed by atoms with Gasteiger partial charge in [-0.3, -0.25) is 5.43 Å². The molecule has 0 unspecified atom stereocenters. The molecule has 0 aromatic rings. The lowest BCUT2D eigenvalue weighted by atomic mass is 10.8. The summed E-state index contributed by atoms with van der Waals surface area (Å²) >= 11 is 0. The van der Waals surface area contributed by atoms with E-state index in [4.69, 9.17) is 5.11 Å². The first-order chi connectivity index (χ1) is 5.86. The maximum Gasteiger partial charge on any atom is 0.430 e. The molecule has 0 spiro atoms. The van der Waals surface area contributed by atoms with Gasteiger partial charge in [0.25, 0.3) is 0 Å². The summed E-state index contributed by atoms with van der Waals surface area (Å²) in [5.74, 6) is 0. The van der Waals surface area contributed by atoms with Crippen LogP contribution >= 0.6 is 0 Å². The number of carboxylic acid groups (broad SMARTS) is 1. The molecule has 3 amide bonds. The van der Waals surface area contributed by atoms with Crippen LogP contribution in [-0.4, -0.2) is 60.4 Å². The second-order valence-electron chi connectivity index (χ2n) is 2.75. The highest BCUT2D eigenvalue weighted by molar-refractivity contribution is 5.88. The number of hydrazine groups is 2. The van der Waals surface area contributed by atoms with Crippen LogP contribution in [0.15, 0.2) is 0 Å². The van der Waals surface area contributed by atoms with Crippen LogP contribution in [0.5, 0.6) is 0 Å². The van der Waals surface area contributed by atoms with Gasteiger partial charge < -0.3 is 5.11 Å². The molecule has 0 aromatic heterocycles. The Kier molecular flexibility index (Phi) is 4.15. The number of imide groups is 1. The van der Waals surface area contributed by atoms with Gasteiger partial charge >= 0.3 is 12.1 Å². The van der Waals surface area contributed by atoms with Gasteiger partial charge in [0.05, 0.1) is 0 Å². The van der Waals surface area contributed by atoms with Gasteiger partial charge in [0.15, 0.2) is 0 Å². The van der Waals surface area contributed by atoms with E-state index in [0.29, 0.717) is 5.01 Å². The zero-order chi connectivity index (χ0) is 10.6. The van der Waals surface area contributed by atoms with Crippen molar-refractivity contribution < 1.29 is 14.7 Å². The minimum Gasteiger partial charge on any atom is -0.464 e. The monoisotopic (exact) mass is 190 g/mol. The number of rotatable bonds is 2. The van der Waals surface area contributed by atoms with Crippen LogP contribution in [0, 0.1) is 0 Å². The standard InChI is InChI=1S/C6H14N4O3/c1-8(2)7-5(11)10(6(12)13)9(3)4/h1-4H3,(H,7,11)(H,12,13). The lowest BCUT2D eigenvalue weighted by Gasteiger charge is -2.25. The number of nitrogens with zero attached hydrogens (tertiary/aromatic N) is 3. The van der Waals surface area contributed by atoms with Crippen LogP contribution in [0.1, 0.15) is 0 Å². The molecule has 0 saturated carbocycles.